The van der Waals surface area contributed by atoms with E-state index in [1.165, 1.54) is 18.9 Å². The molecule has 0 radical (unpaired) electrons. The molecule has 0 unspecified atom stereocenters. The van der Waals surface area contributed by atoms with Crippen molar-refractivity contribution in [2.24, 2.45) is 10.5 Å². The van der Waals surface area contributed by atoms with E-state index in [4.69, 9.17) is 0 Å². The lowest BCUT2D eigenvalue weighted by Gasteiger charge is -2.41. The number of carboxylic acid groups (broad SMARTS) is 1. The zero-order valence-corrected chi connectivity index (χ0v) is 24.3. The number of amides is 4. The number of hydrazone groups is 1. The van der Waals surface area contributed by atoms with Crippen molar-refractivity contribution in [3.05, 3.63) is 71.3 Å². The number of carbonyl (C=O) groups excluding carboxylic acids is 3. The largest absolute Gasteiger partial charge is 0.465 e. The first-order chi connectivity index (χ1) is 20.0. The predicted octanol–water partition coefficient (Wildman–Crippen LogP) is 2.32. The molecule has 0 bridgehead atoms. The molecule has 1 saturated heterocycles. The smallest absolute Gasteiger partial charge is 0.405 e. The van der Waals surface area contributed by atoms with Gasteiger partial charge in [-0.05, 0) is 56.2 Å². The van der Waals surface area contributed by atoms with E-state index in [1.54, 1.807) is 11.9 Å². The second kappa shape index (κ2) is 12.7. The Bertz CT molecular complexity index is 1360. The molecule has 2 aromatic rings. The van der Waals surface area contributed by atoms with Gasteiger partial charge in [-0.2, -0.15) is 5.10 Å². The second-order valence-electron chi connectivity index (χ2n) is 11.5. The number of benzene rings is 2. The van der Waals surface area contributed by atoms with Gasteiger partial charge in [0, 0.05) is 26.6 Å². The molecule has 0 aromatic heterocycles. The number of aliphatic hydroxyl groups excluding tert-OH is 1. The summed E-state index contributed by atoms with van der Waals surface area (Å²) in [6.07, 6.45) is 0.844. The molecule has 2 atom stereocenters. The van der Waals surface area contributed by atoms with Crippen LogP contribution < -0.4 is 10.6 Å². The molecule has 4 N–H and O–H groups in total. The van der Waals surface area contributed by atoms with Gasteiger partial charge < -0.3 is 25.7 Å². The SMILES string of the molecule is CN1N=C2CCN(C(=O)[C@@H](CCCc3ccccc3CO)NC(=O)C(C)(C)NC(=O)O)C[C@@]2(Cc2ccccc2)C1=O. The van der Waals surface area contributed by atoms with Crippen LogP contribution in [0.25, 0.3) is 0 Å². The van der Waals surface area contributed by atoms with Gasteiger partial charge in [-0.1, -0.05) is 54.6 Å². The molecule has 0 aliphatic carbocycles. The average Bonchev–Trinajstić information content (AvgIpc) is 3.20. The Morgan fingerprint density at radius 3 is 2.40 bits per heavy atom. The van der Waals surface area contributed by atoms with Crippen molar-refractivity contribution in [2.75, 3.05) is 20.1 Å². The zero-order chi connectivity index (χ0) is 30.5. The van der Waals surface area contributed by atoms with Crippen LogP contribution in [0.4, 0.5) is 4.79 Å². The van der Waals surface area contributed by atoms with E-state index < -0.39 is 29.0 Å². The summed E-state index contributed by atoms with van der Waals surface area (Å²) >= 11 is 0. The second-order valence-corrected chi connectivity index (χ2v) is 11.5. The van der Waals surface area contributed by atoms with Gasteiger partial charge >= 0.3 is 6.09 Å². The highest BCUT2D eigenvalue weighted by atomic mass is 16.4. The van der Waals surface area contributed by atoms with Gasteiger partial charge in [0.25, 0.3) is 5.91 Å². The molecular weight excluding hydrogens is 538 g/mol. The topological polar surface area (TPSA) is 152 Å². The first-order valence-electron chi connectivity index (χ1n) is 14.2. The highest BCUT2D eigenvalue weighted by molar-refractivity contribution is 6.13. The van der Waals surface area contributed by atoms with Crippen molar-refractivity contribution in [1.29, 1.82) is 0 Å². The number of aliphatic hydroxyl groups is 1. The third kappa shape index (κ3) is 6.62. The van der Waals surface area contributed by atoms with Crippen LogP contribution in [0.15, 0.2) is 59.7 Å². The maximum atomic E-state index is 14.1. The van der Waals surface area contributed by atoms with Crippen LogP contribution in [-0.2, 0) is 33.8 Å². The summed E-state index contributed by atoms with van der Waals surface area (Å²) in [7, 11) is 1.62. The lowest BCUT2D eigenvalue weighted by Crippen LogP contribution is -2.61. The summed E-state index contributed by atoms with van der Waals surface area (Å²) in [5.41, 5.74) is 0.973. The number of rotatable bonds is 11. The summed E-state index contributed by atoms with van der Waals surface area (Å²) in [5.74, 6) is -1.14. The first kappa shape index (κ1) is 30.7. The van der Waals surface area contributed by atoms with Crippen LogP contribution in [-0.4, -0.2) is 81.4 Å². The quantitative estimate of drug-likeness (QED) is 0.322. The maximum absolute atomic E-state index is 14.1. The number of hydrogen-bond donors (Lipinski definition) is 4. The van der Waals surface area contributed by atoms with E-state index in [2.05, 4.69) is 15.7 Å². The number of hydrogen-bond acceptors (Lipinski definition) is 6. The molecule has 42 heavy (non-hydrogen) atoms. The monoisotopic (exact) mass is 577 g/mol. The number of fused-ring (bicyclic) bond motifs is 1. The standard InChI is InChI=1S/C31H39N5O6/c1-30(2,33-29(41)42)27(39)32-24(15-9-14-22-12-7-8-13-23(22)19-37)26(38)36-17-16-25-31(20-36,28(40)35(3)34-25)18-21-10-5-4-6-11-21/h4-8,10-13,24,33,37H,9,14-20H2,1-3H3,(H,32,39)(H,41,42)/t24-,31-/m1/s1. The molecule has 2 aliphatic rings. The summed E-state index contributed by atoms with van der Waals surface area (Å²) in [6.45, 7) is 3.22. The van der Waals surface area contributed by atoms with E-state index in [1.807, 2.05) is 54.6 Å². The van der Waals surface area contributed by atoms with Gasteiger partial charge in [-0.3, -0.25) is 14.4 Å². The molecule has 2 aliphatic heterocycles. The van der Waals surface area contributed by atoms with Gasteiger partial charge in [0.2, 0.25) is 11.8 Å². The highest BCUT2D eigenvalue weighted by Crippen LogP contribution is 2.38. The van der Waals surface area contributed by atoms with Crippen LogP contribution >= 0.6 is 0 Å². The van der Waals surface area contributed by atoms with Gasteiger partial charge in [0.1, 0.15) is 17.0 Å². The van der Waals surface area contributed by atoms with Crippen molar-refractivity contribution >= 4 is 29.5 Å². The Kier molecular flexibility index (Phi) is 9.30. The summed E-state index contributed by atoms with van der Waals surface area (Å²) in [4.78, 5) is 53.7. The van der Waals surface area contributed by atoms with Gasteiger partial charge in [0.15, 0.2) is 0 Å². The Labute approximate surface area is 245 Å². The molecule has 0 saturated carbocycles. The molecule has 1 fully saturated rings. The number of aryl methyl sites for hydroxylation is 1. The average molecular weight is 578 g/mol. The van der Waals surface area contributed by atoms with Crippen LogP contribution in [0, 0.1) is 5.41 Å². The summed E-state index contributed by atoms with van der Waals surface area (Å²) < 4.78 is 0. The third-order valence-corrected chi connectivity index (χ3v) is 8.08. The normalized spacial score (nSPS) is 19.1. The Hall–Kier alpha value is -4.25. The minimum atomic E-state index is -1.48. The molecule has 2 heterocycles. The number of likely N-dealkylation sites (tertiary alicyclic amines) is 1. The molecule has 11 nitrogen and oxygen atoms in total. The van der Waals surface area contributed by atoms with Crippen LogP contribution in [0.2, 0.25) is 0 Å². The van der Waals surface area contributed by atoms with Crippen molar-refractivity contribution in [3.63, 3.8) is 0 Å². The van der Waals surface area contributed by atoms with E-state index in [9.17, 15) is 29.4 Å². The number of piperidine rings is 1. The van der Waals surface area contributed by atoms with Crippen LogP contribution in [0.3, 0.4) is 0 Å². The molecule has 4 amide bonds. The molecular formula is C31H39N5O6. The molecule has 11 heteroatoms. The van der Waals surface area contributed by atoms with E-state index >= 15 is 0 Å². The predicted molar refractivity (Wildman–Crippen MR) is 156 cm³/mol. The highest BCUT2D eigenvalue weighted by Gasteiger charge is 2.54. The van der Waals surface area contributed by atoms with Crippen molar-refractivity contribution in [2.45, 2.75) is 64.1 Å². The minimum Gasteiger partial charge on any atom is -0.465 e. The number of nitrogens with one attached hydrogen (secondary N) is 2. The maximum Gasteiger partial charge on any atom is 0.405 e. The fraction of sp³-hybridized carbons (Fsp3) is 0.452. The van der Waals surface area contributed by atoms with Crippen LogP contribution in [0.5, 0.6) is 0 Å². The lowest BCUT2D eigenvalue weighted by molar-refractivity contribution is -0.142. The van der Waals surface area contributed by atoms with Crippen molar-refractivity contribution in [3.8, 4) is 0 Å². The Morgan fingerprint density at radius 1 is 1.07 bits per heavy atom. The molecule has 2 aromatic carbocycles. The van der Waals surface area contributed by atoms with E-state index in [-0.39, 0.29) is 31.4 Å². The van der Waals surface area contributed by atoms with Crippen LogP contribution in [0.1, 0.15) is 49.8 Å². The molecule has 224 valence electrons. The Balaban J connectivity index is 1.57. The number of nitrogens with zero attached hydrogens (tertiary/aromatic N) is 3. The fourth-order valence-corrected chi connectivity index (χ4v) is 5.81. The minimum absolute atomic E-state index is 0.103. The van der Waals surface area contributed by atoms with E-state index in [0.29, 0.717) is 32.2 Å². The lowest BCUT2D eigenvalue weighted by atomic mass is 9.73. The van der Waals surface area contributed by atoms with Gasteiger partial charge in [-0.15, -0.1) is 0 Å². The number of carbonyl (C=O) groups is 4. The van der Waals surface area contributed by atoms with Gasteiger partial charge in [-0.25, -0.2) is 9.80 Å². The fourth-order valence-electron chi connectivity index (χ4n) is 5.81. The van der Waals surface area contributed by atoms with E-state index in [0.717, 1.165) is 22.4 Å². The molecule has 0 spiro atoms. The Morgan fingerprint density at radius 2 is 1.74 bits per heavy atom. The zero-order valence-electron chi connectivity index (χ0n) is 24.3. The first-order valence-corrected chi connectivity index (χ1v) is 14.2. The molecule has 4 rings (SSSR count). The van der Waals surface area contributed by atoms with Crippen molar-refractivity contribution < 1.29 is 29.4 Å². The summed E-state index contributed by atoms with van der Waals surface area (Å²) in [6, 6.07) is 16.2. The van der Waals surface area contributed by atoms with Crippen molar-refractivity contribution in [1.82, 2.24) is 20.5 Å². The summed E-state index contributed by atoms with van der Waals surface area (Å²) in [5, 5.41) is 29.8. The third-order valence-electron chi connectivity index (χ3n) is 8.08. The van der Waals surface area contributed by atoms with Gasteiger partial charge in [0.05, 0.1) is 12.3 Å².